The third kappa shape index (κ3) is 7.04. The first kappa shape index (κ1) is 22.1. The van der Waals surface area contributed by atoms with Crippen LogP contribution in [0.4, 0.5) is 0 Å². The van der Waals surface area contributed by atoms with E-state index in [1.165, 1.54) is 0 Å². The number of amides is 1. The van der Waals surface area contributed by atoms with Crippen LogP contribution >= 0.6 is 0 Å². The van der Waals surface area contributed by atoms with Gasteiger partial charge in [-0.25, -0.2) is 0 Å². The SMILES string of the molecule is C[C@H](CC(=O)[C@H](N)CCc1ccccc1)C(=O)NCc1ccc(C(N)=NO)cc1. The molecule has 0 heterocycles. The molecule has 29 heavy (non-hydrogen) atoms. The molecule has 0 aliphatic carbocycles. The summed E-state index contributed by atoms with van der Waals surface area (Å²) in [7, 11) is 0. The molecule has 2 aromatic carbocycles. The van der Waals surface area contributed by atoms with E-state index < -0.39 is 12.0 Å². The van der Waals surface area contributed by atoms with E-state index in [2.05, 4.69) is 10.5 Å². The smallest absolute Gasteiger partial charge is 0.223 e. The molecule has 154 valence electrons. The molecule has 0 bridgehead atoms. The van der Waals surface area contributed by atoms with E-state index in [0.717, 1.165) is 17.5 Å². The van der Waals surface area contributed by atoms with E-state index in [4.69, 9.17) is 16.7 Å². The van der Waals surface area contributed by atoms with Crippen LogP contribution < -0.4 is 16.8 Å². The molecule has 0 saturated carbocycles. The Balaban J connectivity index is 1.76. The summed E-state index contributed by atoms with van der Waals surface area (Å²) in [4.78, 5) is 24.6. The van der Waals surface area contributed by atoms with Crippen LogP contribution in [0, 0.1) is 5.92 Å². The summed E-state index contributed by atoms with van der Waals surface area (Å²) in [5.74, 6) is -0.737. The summed E-state index contributed by atoms with van der Waals surface area (Å²) in [5, 5.41) is 14.4. The van der Waals surface area contributed by atoms with Gasteiger partial charge in [-0.3, -0.25) is 9.59 Å². The summed E-state index contributed by atoms with van der Waals surface area (Å²) in [6.45, 7) is 2.05. The molecule has 7 heteroatoms. The Kier molecular flexibility index (Phi) is 8.36. The van der Waals surface area contributed by atoms with Crippen LogP contribution in [-0.4, -0.2) is 28.8 Å². The fourth-order valence-electron chi connectivity index (χ4n) is 2.89. The number of aryl methyl sites for hydroxylation is 1. The number of oxime groups is 1. The number of nitrogens with zero attached hydrogens (tertiary/aromatic N) is 1. The Morgan fingerprint density at radius 2 is 1.72 bits per heavy atom. The second-order valence-electron chi connectivity index (χ2n) is 7.10. The van der Waals surface area contributed by atoms with Crippen LogP contribution in [0.3, 0.4) is 0 Å². The number of nitrogens with two attached hydrogens (primary N) is 2. The number of nitrogens with one attached hydrogen (secondary N) is 1. The number of hydrogen-bond acceptors (Lipinski definition) is 5. The zero-order chi connectivity index (χ0) is 21.2. The van der Waals surface area contributed by atoms with Crippen LogP contribution in [0.5, 0.6) is 0 Å². The molecule has 0 unspecified atom stereocenters. The van der Waals surface area contributed by atoms with Gasteiger partial charge in [0.15, 0.2) is 5.84 Å². The maximum atomic E-state index is 12.3. The number of Topliss-reactive ketones (excluding diaryl/α,β-unsaturated/α-hetero) is 1. The quantitative estimate of drug-likeness (QED) is 0.211. The van der Waals surface area contributed by atoms with Crippen molar-refractivity contribution in [2.24, 2.45) is 22.5 Å². The number of benzene rings is 2. The highest BCUT2D eigenvalue weighted by Crippen LogP contribution is 2.10. The lowest BCUT2D eigenvalue weighted by atomic mass is 9.96. The molecule has 0 saturated heterocycles. The van der Waals surface area contributed by atoms with Crippen molar-refractivity contribution in [3.05, 3.63) is 71.3 Å². The maximum Gasteiger partial charge on any atom is 0.223 e. The molecule has 2 aromatic rings. The van der Waals surface area contributed by atoms with Gasteiger partial charge in [0.05, 0.1) is 6.04 Å². The topological polar surface area (TPSA) is 131 Å². The molecular weight excluding hydrogens is 368 g/mol. The number of hydrogen-bond donors (Lipinski definition) is 4. The van der Waals surface area contributed by atoms with Gasteiger partial charge in [-0.1, -0.05) is 66.7 Å². The lowest BCUT2D eigenvalue weighted by Gasteiger charge is -2.15. The van der Waals surface area contributed by atoms with Crippen LogP contribution in [0.15, 0.2) is 59.8 Å². The highest BCUT2D eigenvalue weighted by molar-refractivity contribution is 5.97. The zero-order valence-electron chi connectivity index (χ0n) is 16.5. The lowest BCUT2D eigenvalue weighted by molar-refractivity contribution is -0.129. The highest BCUT2D eigenvalue weighted by atomic mass is 16.4. The minimum atomic E-state index is -0.573. The normalized spacial score (nSPS) is 13.5. The number of carbonyl (C=O) groups excluding carboxylic acids is 2. The van der Waals surface area contributed by atoms with Crippen molar-refractivity contribution in [2.75, 3.05) is 0 Å². The zero-order valence-corrected chi connectivity index (χ0v) is 16.5. The number of rotatable bonds is 10. The van der Waals surface area contributed by atoms with Gasteiger partial charge in [0.1, 0.15) is 5.78 Å². The van der Waals surface area contributed by atoms with E-state index in [1.54, 1.807) is 31.2 Å². The molecule has 0 aliphatic rings. The lowest BCUT2D eigenvalue weighted by Crippen LogP contribution is -2.36. The Morgan fingerprint density at radius 1 is 1.07 bits per heavy atom. The van der Waals surface area contributed by atoms with E-state index in [1.807, 2.05) is 30.3 Å². The Morgan fingerprint density at radius 3 is 2.34 bits per heavy atom. The van der Waals surface area contributed by atoms with Crippen LogP contribution in [0.1, 0.15) is 36.5 Å². The summed E-state index contributed by atoms with van der Waals surface area (Å²) < 4.78 is 0. The van der Waals surface area contributed by atoms with Crippen molar-refractivity contribution < 1.29 is 14.8 Å². The first-order valence-corrected chi connectivity index (χ1v) is 9.57. The second-order valence-corrected chi connectivity index (χ2v) is 7.10. The van der Waals surface area contributed by atoms with Crippen molar-refractivity contribution in [2.45, 2.75) is 38.8 Å². The number of carbonyl (C=O) groups is 2. The van der Waals surface area contributed by atoms with Crippen molar-refractivity contribution in [3.63, 3.8) is 0 Å². The van der Waals surface area contributed by atoms with Gasteiger partial charge in [0.2, 0.25) is 5.91 Å². The molecule has 0 aromatic heterocycles. The molecule has 0 spiro atoms. The highest BCUT2D eigenvalue weighted by Gasteiger charge is 2.21. The van der Waals surface area contributed by atoms with Crippen molar-refractivity contribution in [1.82, 2.24) is 5.32 Å². The summed E-state index contributed by atoms with van der Waals surface area (Å²) in [6, 6.07) is 16.3. The molecular formula is C22H28N4O3. The summed E-state index contributed by atoms with van der Waals surface area (Å²) in [5.41, 5.74) is 14.1. The van der Waals surface area contributed by atoms with Crippen molar-refractivity contribution in [1.29, 1.82) is 0 Å². The molecule has 2 atom stereocenters. The predicted molar refractivity (Wildman–Crippen MR) is 112 cm³/mol. The third-order valence-corrected chi connectivity index (χ3v) is 4.78. The fourth-order valence-corrected chi connectivity index (χ4v) is 2.89. The summed E-state index contributed by atoms with van der Waals surface area (Å²) >= 11 is 0. The maximum absolute atomic E-state index is 12.3. The number of amidine groups is 1. The second kappa shape index (κ2) is 11.0. The van der Waals surface area contributed by atoms with E-state index in [-0.39, 0.29) is 23.9 Å². The largest absolute Gasteiger partial charge is 0.409 e. The third-order valence-electron chi connectivity index (χ3n) is 4.78. The Bertz CT molecular complexity index is 835. The Hall–Kier alpha value is -3.19. The predicted octanol–water partition coefficient (Wildman–Crippen LogP) is 1.95. The average molecular weight is 396 g/mol. The van der Waals surface area contributed by atoms with Gasteiger partial charge in [-0.15, -0.1) is 0 Å². The van der Waals surface area contributed by atoms with Crippen LogP contribution in [-0.2, 0) is 22.6 Å². The van der Waals surface area contributed by atoms with Gasteiger partial charge in [0.25, 0.3) is 0 Å². The van der Waals surface area contributed by atoms with Crippen molar-refractivity contribution >= 4 is 17.5 Å². The van der Waals surface area contributed by atoms with E-state index in [0.29, 0.717) is 18.5 Å². The van der Waals surface area contributed by atoms with Crippen LogP contribution in [0.25, 0.3) is 0 Å². The fraction of sp³-hybridized carbons (Fsp3) is 0.318. The van der Waals surface area contributed by atoms with Gasteiger partial charge in [-0.2, -0.15) is 0 Å². The van der Waals surface area contributed by atoms with Gasteiger partial charge in [0, 0.05) is 24.4 Å². The molecule has 6 N–H and O–H groups in total. The van der Waals surface area contributed by atoms with Crippen LogP contribution in [0.2, 0.25) is 0 Å². The molecule has 2 rings (SSSR count). The van der Waals surface area contributed by atoms with E-state index in [9.17, 15) is 9.59 Å². The Labute approximate surface area is 170 Å². The van der Waals surface area contributed by atoms with E-state index >= 15 is 0 Å². The molecule has 0 fully saturated rings. The molecule has 7 nitrogen and oxygen atoms in total. The van der Waals surface area contributed by atoms with Gasteiger partial charge < -0.3 is 22.0 Å². The first-order chi connectivity index (χ1) is 13.9. The summed E-state index contributed by atoms with van der Waals surface area (Å²) in [6.07, 6.45) is 1.41. The minimum Gasteiger partial charge on any atom is -0.409 e. The molecule has 1 amide bonds. The molecule has 0 aliphatic heterocycles. The number of ketones is 1. The van der Waals surface area contributed by atoms with Gasteiger partial charge in [-0.05, 0) is 24.0 Å². The monoisotopic (exact) mass is 396 g/mol. The van der Waals surface area contributed by atoms with Crippen molar-refractivity contribution in [3.8, 4) is 0 Å². The average Bonchev–Trinajstić information content (AvgIpc) is 2.76. The first-order valence-electron chi connectivity index (χ1n) is 9.57. The van der Waals surface area contributed by atoms with Gasteiger partial charge >= 0.3 is 0 Å². The minimum absolute atomic E-state index is 0.0244. The standard InChI is InChI=1S/C22H28N4O3/c1-15(13-20(27)19(23)12-9-16-5-3-2-4-6-16)22(28)25-14-17-7-10-18(11-8-17)21(24)26-29/h2-8,10-11,15,19,29H,9,12-14,23H2,1H3,(H2,24,26)(H,25,28)/t15-,19-/m1/s1. The molecule has 0 radical (unpaired) electrons.